The van der Waals surface area contributed by atoms with Crippen LogP contribution in [0.5, 0.6) is 0 Å². The van der Waals surface area contributed by atoms with Gasteiger partial charge in [0.05, 0.1) is 0 Å². The van der Waals surface area contributed by atoms with Crippen molar-refractivity contribution in [3.05, 3.63) is 125 Å². The van der Waals surface area contributed by atoms with Crippen molar-refractivity contribution >= 4 is 12.0 Å². The zero-order valence-electron chi connectivity index (χ0n) is 15.6. The summed E-state index contributed by atoms with van der Waals surface area (Å²) in [6.07, 6.45) is 8.96. The van der Waals surface area contributed by atoms with Crippen LogP contribution in [0.25, 0.3) is 6.08 Å². The van der Waals surface area contributed by atoms with Crippen molar-refractivity contribution < 1.29 is 4.79 Å². The Kier molecular flexibility index (Phi) is 3.94. The van der Waals surface area contributed by atoms with Crippen LogP contribution in [-0.4, -0.2) is 5.91 Å². The normalized spacial score (nSPS) is 16.4. The van der Waals surface area contributed by atoms with E-state index in [1.54, 1.807) is 0 Å². The monoisotopic (exact) mass is 363 g/mol. The van der Waals surface area contributed by atoms with Crippen molar-refractivity contribution in [3.8, 4) is 0 Å². The fraction of sp³-hybridized carbons (Fsp3) is 0.115. The van der Waals surface area contributed by atoms with E-state index in [-0.39, 0.29) is 11.3 Å². The van der Waals surface area contributed by atoms with Crippen molar-refractivity contribution in [2.45, 2.75) is 12.8 Å². The first-order valence-electron chi connectivity index (χ1n) is 9.62. The van der Waals surface area contributed by atoms with E-state index in [0.29, 0.717) is 5.56 Å². The van der Waals surface area contributed by atoms with E-state index >= 15 is 0 Å². The third kappa shape index (κ3) is 2.86. The van der Waals surface area contributed by atoms with Crippen molar-refractivity contribution in [3.63, 3.8) is 0 Å². The highest BCUT2D eigenvalue weighted by Crippen LogP contribution is 2.50. The topological polar surface area (TPSA) is 43.1 Å². The van der Waals surface area contributed by atoms with Crippen molar-refractivity contribution in [2.75, 3.05) is 0 Å². The molecule has 2 radical (unpaired) electrons. The predicted molar refractivity (Wildman–Crippen MR) is 112 cm³/mol. The summed E-state index contributed by atoms with van der Waals surface area (Å²) in [4.78, 5) is 11.4. The number of benzene rings is 3. The molecule has 0 aliphatic heterocycles. The Morgan fingerprint density at radius 2 is 1.54 bits per heavy atom. The number of primary amides is 1. The first-order chi connectivity index (χ1) is 13.6. The number of fused-ring (bicyclic) bond motifs is 2. The summed E-state index contributed by atoms with van der Waals surface area (Å²) in [5.41, 5.74) is 13.7. The van der Waals surface area contributed by atoms with E-state index in [2.05, 4.69) is 67.4 Å². The molecular weight excluding hydrogens is 342 g/mol. The Labute approximate surface area is 165 Å². The van der Waals surface area contributed by atoms with E-state index in [1.165, 1.54) is 33.4 Å². The van der Waals surface area contributed by atoms with Gasteiger partial charge in [-0.3, -0.25) is 4.79 Å². The number of hydrogen-bond donors (Lipinski definition) is 1. The molecule has 1 amide bonds. The van der Waals surface area contributed by atoms with Crippen LogP contribution in [-0.2, 0) is 12.8 Å². The van der Waals surface area contributed by atoms with Gasteiger partial charge in [0.25, 0.3) is 0 Å². The molecule has 1 atom stereocenters. The molecule has 0 spiro atoms. The van der Waals surface area contributed by atoms with Crippen LogP contribution >= 0.6 is 0 Å². The number of carbonyl (C=O) groups is 1. The number of allylic oxidation sites excluding steroid dienone is 1. The van der Waals surface area contributed by atoms with Crippen molar-refractivity contribution in [2.24, 2.45) is 11.1 Å². The minimum absolute atomic E-state index is 0.0864. The molecule has 0 heterocycles. The number of nitrogens with two attached hydrogens (primary N) is 1. The second-order valence-electron chi connectivity index (χ2n) is 7.79. The Morgan fingerprint density at radius 1 is 0.857 bits per heavy atom. The SMILES string of the molecule is NC(=O)c1ccc(C[C@@]2(C3=Cc4ccccc4[CH]3)[CH]c3ccccc3C2)cc1. The second kappa shape index (κ2) is 6.49. The summed E-state index contributed by atoms with van der Waals surface area (Å²) >= 11 is 0. The standard InChI is InChI=1S/C26H21NO/c27-25(28)19-11-9-18(10-12-19)15-26(16-22-7-3-4-8-23(22)17-26)24-13-20-5-1-2-6-21(20)14-24/h1-14,16H,15,17H2,(H2,27,28)/t26-/m1/s1. The van der Waals surface area contributed by atoms with Crippen molar-refractivity contribution in [1.82, 2.24) is 0 Å². The van der Waals surface area contributed by atoms with E-state index in [9.17, 15) is 4.79 Å². The molecule has 0 fully saturated rings. The molecule has 0 saturated heterocycles. The quantitative estimate of drug-likeness (QED) is 0.713. The first kappa shape index (κ1) is 17.0. The number of amides is 1. The number of hydrogen-bond acceptors (Lipinski definition) is 1. The lowest BCUT2D eigenvalue weighted by Gasteiger charge is -2.31. The summed E-state index contributed by atoms with van der Waals surface area (Å²) < 4.78 is 0. The molecule has 2 aliphatic rings. The minimum atomic E-state index is -0.386. The minimum Gasteiger partial charge on any atom is -0.366 e. The maximum absolute atomic E-state index is 11.4. The fourth-order valence-corrected chi connectivity index (χ4v) is 4.51. The molecule has 0 unspecified atom stereocenters. The smallest absolute Gasteiger partial charge is 0.248 e. The van der Waals surface area contributed by atoms with Gasteiger partial charge in [0.15, 0.2) is 0 Å². The summed E-state index contributed by atoms with van der Waals surface area (Å²) in [5, 5.41) is 0. The van der Waals surface area contributed by atoms with E-state index in [0.717, 1.165) is 12.8 Å². The molecular formula is C26H21NO. The first-order valence-corrected chi connectivity index (χ1v) is 9.62. The number of carbonyl (C=O) groups excluding carboxylic acids is 1. The maximum atomic E-state index is 11.4. The predicted octanol–water partition coefficient (Wildman–Crippen LogP) is 4.77. The van der Waals surface area contributed by atoms with Gasteiger partial charge in [-0.25, -0.2) is 0 Å². The van der Waals surface area contributed by atoms with Gasteiger partial charge in [-0.2, -0.15) is 0 Å². The van der Waals surface area contributed by atoms with E-state index in [1.807, 2.05) is 24.3 Å². The zero-order valence-corrected chi connectivity index (χ0v) is 15.6. The summed E-state index contributed by atoms with van der Waals surface area (Å²) in [6.45, 7) is 0. The van der Waals surface area contributed by atoms with Crippen LogP contribution in [0.2, 0.25) is 0 Å². The van der Waals surface area contributed by atoms with Gasteiger partial charge in [-0.15, -0.1) is 0 Å². The van der Waals surface area contributed by atoms with Crippen LogP contribution in [0.4, 0.5) is 0 Å². The molecule has 3 aromatic rings. The average molecular weight is 363 g/mol. The Morgan fingerprint density at radius 3 is 2.21 bits per heavy atom. The van der Waals surface area contributed by atoms with E-state index in [4.69, 9.17) is 5.73 Å². The zero-order chi connectivity index (χ0) is 19.1. The van der Waals surface area contributed by atoms with Gasteiger partial charge in [0.1, 0.15) is 0 Å². The molecule has 2 heteroatoms. The van der Waals surface area contributed by atoms with Crippen LogP contribution in [0.1, 0.15) is 38.2 Å². The third-order valence-electron chi connectivity index (χ3n) is 5.94. The summed E-state index contributed by atoms with van der Waals surface area (Å²) in [6, 6.07) is 24.9. The van der Waals surface area contributed by atoms with Crippen LogP contribution < -0.4 is 5.73 Å². The van der Waals surface area contributed by atoms with Crippen molar-refractivity contribution in [1.29, 1.82) is 0 Å². The molecule has 28 heavy (non-hydrogen) atoms. The molecule has 136 valence electrons. The van der Waals surface area contributed by atoms with Gasteiger partial charge < -0.3 is 5.73 Å². The Balaban J connectivity index is 1.53. The van der Waals surface area contributed by atoms with Gasteiger partial charge in [0, 0.05) is 23.8 Å². The van der Waals surface area contributed by atoms with Crippen LogP contribution in [0.3, 0.4) is 0 Å². The lowest BCUT2D eigenvalue weighted by molar-refractivity contribution is 0.100. The molecule has 2 aliphatic carbocycles. The Hall–Kier alpha value is -3.13. The van der Waals surface area contributed by atoms with E-state index < -0.39 is 0 Å². The molecule has 0 saturated carbocycles. The molecule has 0 aromatic heterocycles. The Bertz CT molecular complexity index is 1070. The fourth-order valence-electron chi connectivity index (χ4n) is 4.51. The van der Waals surface area contributed by atoms with Gasteiger partial charge in [-0.1, -0.05) is 72.3 Å². The largest absolute Gasteiger partial charge is 0.366 e. The molecule has 5 rings (SSSR count). The summed E-state index contributed by atoms with van der Waals surface area (Å²) in [5.74, 6) is -0.386. The van der Waals surface area contributed by atoms with Gasteiger partial charge in [0.2, 0.25) is 5.91 Å². The highest BCUT2D eigenvalue weighted by molar-refractivity contribution is 5.92. The average Bonchev–Trinajstić information content (AvgIpc) is 3.30. The molecule has 3 aromatic carbocycles. The van der Waals surface area contributed by atoms with Crippen LogP contribution in [0.15, 0.2) is 78.4 Å². The molecule has 2 nitrogen and oxygen atoms in total. The van der Waals surface area contributed by atoms with Gasteiger partial charge in [-0.05, 0) is 52.8 Å². The number of rotatable bonds is 4. The highest BCUT2D eigenvalue weighted by Gasteiger charge is 2.42. The lowest BCUT2D eigenvalue weighted by Crippen LogP contribution is -2.25. The second-order valence-corrected chi connectivity index (χ2v) is 7.79. The third-order valence-corrected chi connectivity index (χ3v) is 5.94. The maximum Gasteiger partial charge on any atom is 0.248 e. The lowest BCUT2D eigenvalue weighted by atomic mass is 9.72. The molecule has 2 N–H and O–H groups in total. The van der Waals surface area contributed by atoms with Gasteiger partial charge >= 0.3 is 0 Å². The molecule has 0 bridgehead atoms. The summed E-state index contributed by atoms with van der Waals surface area (Å²) in [7, 11) is 0. The highest BCUT2D eigenvalue weighted by atomic mass is 16.1. The van der Waals surface area contributed by atoms with Crippen LogP contribution in [0, 0.1) is 18.3 Å².